The zero-order chi connectivity index (χ0) is 20.9. The number of hydrogen-bond donors (Lipinski definition) is 3. The van der Waals surface area contributed by atoms with Crippen LogP contribution in [0.1, 0.15) is 12.5 Å². The van der Waals surface area contributed by atoms with E-state index in [1.807, 2.05) is 48.7 Å². The van der Waals surface area contributed by atoms with Gasteiger partial charge in [-0.2, -0.15) is 0 Å². The van der Waals surface area contributed by atoms with Crippen molar-refractivity contribution in [2.24, 2.45) is 0 Å². The fraction of sp³-hybridized carbons (Fsp3) is 0.304. The van der Waals surface area contributed by atoms with Gasteiger partial charge in [-0.3, -0.25) is 9.69 Å². The number of anilines is 1. The van der Waals surface area contributed by atoms with Gasteiger partial charge in [0.05, 0.1) is 0 Å². The molecule has 1 aliphatic heterocycles. The number of benzene rings is 2. The van der Waals surface area contributed by atoms with Crippen molar-refractivity contribution in [3.05, 3.63) is 66.4 Å². The number of aromatic amines is 1. The van der Waals surface area contributed by atoms with Crippen molar-refractivity contribution in [2.75, 3.05) is 31.5 Å². The number of hydrogen-bond acceptors (Lipinski definition) is 3. The Morgan fingerprint density at radius 3 is 2.57 bits per heavy atom. The molecule has 4 rings (SSSR count). The van der Waals surface area contributed by atoms with E-state index in [0.29, 0.717) is 18.8 Å². The molecule has 3 aromatic rings. The number of rotatable bonds is 5. The van der Waals surface area contributed by atoms with E-state index in [0.717, 1.165) is 30.5 Å². The molecule has 0 unspecified atom stereocenters. The van der Waals surface area contributed by atoms with E-state index in [2.05, 4.69) is 32.7 Å². The van der Waals surface area contributed by atoms with Gasteiger partial charge < -0.3 is 20.5 Å². The predicted octanol–water partition coefficient (Wildman–Crippen LogP) is 3.02. The quantitative estimate of drug-likeness (QED) is 0.610. The lowest BCUT2D eigenvalue weighted by Gasteiger charge is -2.35. The first-order chi connectivity index (χ1) is 14.6. The zero-order valence-corrected chi connectivity index (χ0v) is 17.1. The van der Waals surface area contributed by atoms with Crippen LogP contribution in [0.15, 0.2) is 60.8 Å². The zero-order valence-electron chi connectivity index (χ0n) is 17.1. The molecule has 7 nitrogen and oxygen atoms in total. The second-order valence-corrected chi connectivity index (χ2v) is 7.69. The molecule has 0 saturated carbocycles. The molecule has 1 aromatic heterocycles. The number of nitrogens with zero attached hydrogens (tertiary/aromatic N) is 2. The summed E-state index contributed by atoms with van der Waals surface area (Å²) in [6.45, 7) is 5.53. The maximum atomic E-state index is 12.6. The molecule has 7 heteroatoms. The van der Waals surface area contributed by atoms with E-state index in [9.17, 15) is 9.59 Å². The van der Waals surface area contributed by atoms with Gasteiger partial charge in [0.25, 0.3) is 0 Å². The lowest BCUT2D eigenvalue weighted by atomic mass is 10.2. The highest BCUT2D eigenvalue weighted by molar-refractivity contribution is 5.98. The Morgan fingerprint density at radius 1 is 1.03 bits per heavy atom. The summed E-state index contributed by atoms with van der Waals surface area (Å²) in [6, 6.07) is 17.1. The van der Waals surface area contributed by atoms with E-state index in [-0.39, 0.29) is 11.9 Å². The molecule has 1 fully saturated rings. The van der Waals surface area contributed by atoms with E-state index in [1.54, 1.807) is 11.8 Å². The fourth-order valence-electron chi connectivity index (χ4n) is 3.67. The predicted molar refractivity (Wildman–Crippen MR) is 118 cm³/mol. The first kappa shape index (κ1) is 20.0. The topological polar surface area (TPSA) is 80.5 Å². The van der Waals surface area contributed by atoms with Crippen molar-refractivity contribution in [2.45, 2.75) is 19.5 Å². The van der Waals surface area contributed by atoms with Crippen molar-refractivity contribution >= 4 is 28.5 Å². The molecule has 0 bridgehead atoms. The largest absolute Gasteiger partial charge is 0.361 e. The number of aromatic nitrogens is 1. The summed E-state index contributed by atoms with van der Waals surface area (Å²) in [6.07, 6.45) is 1.86. The first-order valence-electron chi connectivity index (χ1n) is 10.3. The minimum absolute atomic E-state index is 0.196. The van der Waals surface area contributed by atoms with E-state index in [1.165, 1.54) is 5.56 Å². The maximum Gasteiger partial charge on any atom is 0.318 e. The Labute approximate surface area is 176 Å². The van der Waals surface area contributed by atoms with Gasteiger partial charge >= 0.3 is 6.03 Å². The highest BCUT2D eigenvalue weighted by Gasteiger charge is 2.24. The molecule has 156 valence electrons. The van der Waals surface area contributed by atoms with Gasteiger partial charge in [0.15, 0.2) is 0 Å². The number of amides is 3. The molecule has 1 aliphatic rings. The summed E-state index contributed by atoms with van der Waals surface area (Å²) in [5.74, 6) is -0.235. The summed E-state index contributed by atoms with van der Waals surface area (Å²) in [5, 5.41) is 6.71. The van der Waals surface area contributed by atoms with Gasteiger partial charge in [-0.15, -0.1) is 0 Å². The van der Waals surface area contributed by atoms with Gasteiger partial charge in [-0.1, -0.05) is 30.3 Å². The van der Waals surface area contributed by atoms with Crippen molar-refractivity contribution in [3.63, 3.8) is 0 Å². The second kappa shape index (κ2) is 9.00. The number of H-pyrrole nitrogens is 1. The van der Waals surface area contributed by atoms with Crippen LogP contribution >= 0.6 is 0 Å². The van der Waals surface area contributed by atoms with Crippen molar-refractivity contribution in [1.82, 2.24) is 20.1 Å². The molecule has 0 aliphatic carbocycles. The second-order valence-electron chi connectivity index (χ2n) is 7.69. The molecule has 0 radical (unpaired) electrons. The average molecular weight is 406 g/mol. The summed E-state index contributed by atoms with van der Waals surface area (Å²) < 4.78 is 0. The summed E-state index contributed by atoms with van der Waals surface area (Å²) in [4.78, 5) is 32.3. The third-order valence-electron chi connectivity index (χ3n) is 5.46. The number of urea groups is 1. The molecule has 0 spiro atoms. The Bertz CT molecular complexity index is 1010. The molecule has 1 saturated heterocycles. The smallest absolute Gasteiger partial charge is 0.318 e. The fourth-order valence-corrected chi connectivity index (χ4v) is 3.67. The Balaban J connectivity index is 1.24. The molecule has 2 heterocycles. The van der Waals surface area contributed by atoms with E-state index in [4.69, 9.17) is 0 Å². The molecular formula is C23H27N5O2. The third-order valence-corrected chi connectivity index (χ3v) is 5.46. The molecule has 2 aromatic carbocycles. The van der Waals surface area contributed by atoms with Crippen LogP contribution in [0.3, 0.4) is 0 Å². The summed E-state index contributed by atoms with van der Waals surface area (Å²) >= 11 is 0. The molecular weight excluding hydrogens is 378 g/mol. The van der Waals surface area contributed by atoms with Crippen LogP contribution in [0.4, 0.5) is 10.5 Å². The lowest BCUT2D eigenvalue weighted by molar-refractivity contribution is -0.117. The van der Waals surface area contributed by atoms with Crippen LogP contribution in [0.2, 0.25) is 0 Å². The maximum absolute atomic E-state index is 12.6. The Kier molecular flexibility index (Phi) is 5.99. The van der Waals surface area contributed by atoms with Crippen LogP contribution in [-0.2, 0) is 11.3 Å². The van der Waals surface area contributed by atoms with Crippen LogP contribution in [0.25, 0.3) is 10.9 Å². The summed E-state index contributed by atoms with van der Waals surface area (Å²) in [7, 11) is 0. The SMILES string of the molecule is C[C@@H](NC(=O)N1CCN(Cc2ccccc2)CC1)C(=O)Nc1ccc2[nH]ccc2c1. The molecule has 1 atom stereocenters. The number of fused-ring (bicyclic) bond motifs is 1. The van der Waals surface area contributed by atoms with E-state index >= 15 is 0 Å². The standard InChI is InChI=1S/C23H27N5O2/c1-17(22(29)26-20-7-8-21-19(15-20)9-10-24-21)25-23(30)28-13-11-27(12-14-28)16-18-5-3-2-4-6-18/h2-10,15,17,24H,11-14,16H2,1H3,(H,25,30)(H,26,29)/t17-/m1/s1. The minimum atomic E-state index is -0.623. The highest BCUT2D eigenvalue weighted by atomic mass is 16.2. The van der Waals surface area contributed by atoms with Gasteiger partial charge in [-0.05, 0) is 36.8 Å². The van der Waals surface area contributed by atoms with Gasteiger partial charge in [0, 0.05) is 55.5 Å². The van der Waals surface area contributed by atoms with Gasteiger partial charge in [0.1, 0.15) is 6.04 Å². The number of carbonyl (C=O) groups excluding carboxylic acids is 2. The summed E-state index contributed by atoms with van der Waals surface area (Å²) in [5.41, 5.74) is 3.00. The average Bonchev–Trinajstić information content (AvgIpc) is 3.23. The monoisotopic (exact) mass is 405 g/mol. The minimum Gasteiger partial charge on any atom is -0.361 e. The lowest BCUT2D eigenvalue weighted by Crippen LogP contribution is -2.54. The van der Waals surface area contributed by atoms with Crippen LogP contribution < -0.4 is 10.6 Å². The van der Waals surface area contributed by atoms with Crippen LogP contribution in [0.5, 0.6) is 0 Å². The Hall–Kier alpha value is -3.32. The van der Waals surface area contributed by atoms with Gasteiger partial charge in [-0.25, -0.2) is 4.79 Å². The van der Waals surface area contributed by atoms with Crippen molar-refractivity contribution in [1.29, 1.82) is 0 Å². The van der Waals surface area contributed by atoms with Crippen molar-refractivity contribution in [3.8, 4) is 0 Å². The number of nitrogens with one attached hydrogen (secondary N) is 3. The number of piperazine rings is 1. The van der Waals surface area contributed by atoms with Gasteiger partial charge in [0.2, 0.25) is 5.91 Å². The molecule has 3 N–H and O–H groups in total. The normalized spacial score (nSPS) is 15.7. The highest BCUT2D eigenvalue weighted by Crippen LogP contribution is 2.18. The van der Waals surface area contributed by atoms with Crippen LogP contribution in [0, 0.1) is 0 Å². The molecule has 3 amide bonds. The number of carbonyl (C=O) groups is 2. The van der Waals surface area contributed by atoms with Crippen LogP contribution in [-0.4, -0.2) is 58.9 Å². The first-order valence-corrected chi connectivity index (χ1v) is 10.3. The molecule has 30 heavy (non-hydrogen) atoms. The van der Waals surface area contributed by atoms with Crippen molar-refractivity contribution < 1.29 is 9.59 Å². The third kappa shape index (κ3) is 4.80. The Morgan fingerprint density at radius 2 is 1.80 bits per heavy atom. The van der Waals surface area contributed by atoms with E-state index < -0.39 is 6.04 Å².